The van der Waals surface area contributed by atoms with Crippen molar-refractivity contribution in [2.24, 2.45) is 5.92 Å². The summed E-state index contributed by atoms with van der Waals surface area (Å²) in [6.07, 6.45) is 4.07. The van der Waals surface area contributed by atoms with E-state index in [0.29, 0.717) is 0 Å². The van der Waals surface area contributed by atoms with E-state index in [1.54, 1.807) is 0 Å². The lowest BCUT2D eigenvalue weighted by Crippen LogP contribution is -2.14. The Morgan fingerprint density at radius 2 is 1.92 bits per heavy atom. The maximum atomic E-state index is 12.0. The fraction of sp³-hybridized carbons (Fsp3) is 0.381. The first-order chi connectivity index (χ1) is 12.2. The van der Waals surface area contributed by atoms with Crippen molar-refractivity contribution in [3.63, 3.8) is 0 Å². The molecule has 4 heteroatoms. The molecular weight excluding hydrogens is 312 g/mol. The van der Waals surface area contributed by atoms with Crippen LogP contribution in [0, 0.1) is 12.8 Å². The predicted octanol–water partition coefficient (Wildman–Crippen LogP) is 4.67. The molecule has 0 saturated heterocycles. The zero-order valence-electron chi connectivity index (χ0n) is 14.5. The van der Waals surface area contributed by atoms with Crippen LogP contribution in [-0.4, -0.2) is 12.5 Å². The Morgan fingerprint density at radius 3 is 2.76 bits per heavy atom. The van der Waals surface area contributed by atoms with E-state index >= 15 is 0 Å². The molecule has 4 nitrogen and oxygen atoms in total. The average molecular weight is 336 g/mol. The number of amides is 1. The van der Waals surface area contributed by atoms with Gasteiger partial charge in [0, 0.05) is 22.9 Å². The van der Waals surface area contributed by atoms with Gasteiger partial charge in [-0.1, -0.05) is 18.2 Å². The molecular formula is C21H24N2O2. The Kier molecular flexibility index (Phi) is 4.35. The van der Waals surface area contributed by atoms with E-state index < -0.39 is 0 Å². The van der Waals surface area contributed by atoms with Crippen molar-refractivity contribution in [1.82, 2.24) is 0 Å². The maximum Gasteiger partial charge on any atom is 0.227 e. The minimum absolute atomic E-state index is 0.140. The van der Waals surface area contributed by atoms with Crippen molar-refractivity contribution < 1.29 is 9.53 Å². The summed E-state index contributed by atoms with van der Waals surface area (Å²) in [5.74, 6) is 1.33. The van der Waals surface area contributed by atoms with E-state index in [4.69, 9.17) is 4.74 Å². The van der Waals surface area contributed by atoms with Crippen LogP contribution in [0.5, 0.6) is 5.75 Å². The number of aryl methyl sites for hydroxylation is 1. The van der Waals surface area contributed by atoms with E-state index in [-0.39, 0.29) is 17.9 Å². The molecule has 1 heterocycles. The SMILES string of the molecule is Cc1ccc2c(c1)OCCCC2Nc1cccc(NC(=O)C2CC2)c1. The molecule has 2 aliphatic rings. The van der Waals surface area contributed by atoms with E-state index in [1.807, 2.05) is 24.3 Å². The molecule has 1 saturated carbocycles. The van der Waals surface area contributed by atoms with Crippen LogP contribution in [-0.2, 0) is 4.79 Å². The minimum atomic E-state index is 0.140. The Bertz CT molecular complexity index is 783. The van der Waals surface area contributed by atoms with Crippen molar-refractivity contribution in [2.45, 2.75) is 38.6 Å². The summed E-state index contributed by atoms with van der Waals surface area (Å²) in [6, 6.07) is 14.6. The molecule has 1 unspecified atom stereocenters. The first kappa shape index (κ1) is 16.0. The van der Waals surface area contributed by atoms with Crippen molar-refractivity contribution in [2.75, 3.05) is 17.2 Å². The van der Waals surface area contributed by atoms with Crippen LogP contribution in [0.1, 0.15) is 42.9 Å². The normalized spacial score (nSPS) is 19.3. The highest BCUT2D eigenvalue weighted by atomic mass is 16.5. The molecule has 2 N–H and O–H groups in total. The number of carbonyl (C=O) groups is 1. The summed E-state index contributed by atoms with van der Waals surface area (Å²) in [4.78, 5) is 12.0. The lowest BCUT2D eigenvalue weighted by atomic mass is 10.00. The summed E-state index contributed by atoms with van der Waals surface area (Å²) in [5, 5.41) is 6.64. The zero-order chi connectivity index (χ0) is 17.2. The Hall–Kier alpha value is -2.49. The smallest absolute Gasteiger partial charge is 0.227 e. The van der Waals surface area contributed by atoms with Gasteiger partial charge in [0.05, 0.1) is 12.6 Å². The van der Waals surface area contributed by atoms with Gasteiger partial charge >= 0.3 is 0 Å². The molecule has 2 aromatic rings. The second kappa shape index (κ2) is 6.79. The van der Waals surface area contributed by atoms with Crippen LogP contribution >= 0.6 is 0 Å². The van der Waals surface area contributed by atoms with E-state index in [0.717, 1.165) is 49.4 Å². The molecule has 0 radical (unpaired) electrons. The lowest BCUT2D eigenvalue weighted by Gasteiger charge is -2.20. The Balaban J connectivity index is 1.52. The van der Waals surface area contributed by atoms with Crippen molar-refractivity contribution >= 4 is 17.3 Å². The van der Waals surface area contributed by atoms with Crippen molar-refractivity contribution in [3.8, 4) is 5.75 Å². The Morgan fingerprint density at radius 1 is 1.08 bits per heavy atom. The van der Waals surface area contributed by atoms with E-state index in [1.165, 1.54) is 11.1 Å². The summed E-state index contributed by atoms with van der Waals surface area (Å²) < 4.78 is 5.91. The third-order valence-electron chi connectivity index (χ3n) is 4.86. The minimum Gasteiger partial charge on any atom is -0.493 e. The maximum absolute atomic E-state index is 12.0. The number of nitrogens with one attached hydrogen (secondary N) is 2. The molecule has 130 valence electrons. The van der Waals surface area contributed by atoms with Crippen LogP contribution in [0.15, 0.2) is 42.5 Å². The van der Waals surface area contributed by atoms with Crippen LogP contribution < -0.4 is 15.4 Å². The number of rotatable bonds is 4. The first-order valence-corrected chi connectivity index (χ1v) is 9.10. The van der Waals surface area contributed by atoms with E-state index in [9.17, 15) is 4.79 Å². The Labute approximate surface area is 148 Å². The van der Waals surface area contributed by atoms with E-state index in [2.05, 4.69) is 35.8 Å². The number of fused-ring (bicyclic) bond motifs is 1. The number of benzene rings is 2. The van der Waals surface area contributed by atoms with Gasteiger partial charge in [0.15, 0.2) is 0 Å². The van der Waals surface area contributed by atoms with Gasteiger partial charge in [-0.2, -0.15) is 0 Å². The van der Waals surface area contributed by atoms with Gasteiger partial charge in [-0.15, -0.1) is 0 Å². The summed E-state index contributed by atoms with van der Waals surface area (Å²) >= 11 is 0. The quantitative estimate of drug-likeness (QED) is 0.853. The van der Waals surface area contributed by atoms with Gasteiger partial charge in [-0.05, 0) is 62.4 Å². The molecule has 25 heavy (non-hydrogen) atoms. The molecule has 1 aliphatic carbocycles. The van der Waals surface area contributed by atoms with Gasteiger partial charge in [0.2, 0.25) is 5.91 Å². The molecule has 1 amide bonds. The standard InChI is InChI=1S/C21H24N2O2/c1-14-7-10-18-19(6-3-11-25-20(18)12-14)22-16-4-2-5-17(13-16)23-21(24)15-8-9-15/h2,4-5,7,10,12-13,15,19,22H,3,6,8-9,11H2,1H3,(H,23,24). The number of ether oxygens (including phenoxy) is 1. The number of anilines is 2. The third-order valence-corrected chi connectivity index (χ3v) is 4.86. The van der Waals surface area contributed by atoms with Gasteiger partial charge in [-0.3, -0.25) is 4.79 Å². The number of carbonyl (C=O) groups excluding carboxylic acids is 1. The summed E-state index contributed by atoms with van der Waals surface area (Å²) in [7, 11) is 0. The van der Waals surface area contributed by atoms with Gasteiger partial charge in [0.25, 0.3) is 0 Å². The number of hydrogen-bond donors (Lipinski definition) is 2. The molecule has 0 aromatic heterocycles. The molecule has 0 spiro atoms. The fourth-order valence-corrected chi connectivity index (χ4v) is 3.31. The molecule has 2 aromatic carbocycles. The second-order valence-electron chi connectivity index (χ2n) is 7.07. The average Bonchev–Trinajstić information content (AvgIpc) is 3.43. The van der Waals surface area contributed by atoms with Gasteiger partial charge in [0.1, 0.15) is 5.75 Å². The van der Waals surface area contributed by atoms with Crippen LogP contribution in [0.25, 0.3) is 0 Å². The van der Waals surface area contributed by atoms with Crippen LogP contribution in [0.2, 0.25) is 0 Å². The van der Waals surface area contributed by atoms with Crippen molar-refractivity contribution in [1.29, 1.82) is 0 Å². The third kappa shape index (κ3) is 3.78. The first-order valence-electron chi connectivity index (χ1n) is 9.10. The topological polar surface area (TPSA) is 50.4 Å². The van der Waals surface area contributed by atoms with Gasteiger partial charge in [-0.25, -0.2) is 0 Å². The second-order valence-corrected chi connectivity index (χ2v) is 7.07. The highest BCUT2D eigenvalue weighted by Gasteiger charge is 2.29. The zero-order valence-corrected chi connectivity index (χ0v) is 14.5. The fourth-order valence-electron chi connectivity index (χ4n) is 3.31. The monoisotopic (exact) mass is 336 g/mol. The highest BCUT2D eigenvalue weighted by Crippen LogP contribution is 2.35. The summed E-state index contributed by atoms with van der Waals surface area (Å²) in [5.41, 5.74) is 4.29. The molecule has 1 aliphatic heterocycles. The van der Waals surface area contributed by atoms with Crippen LogP contribution in [0.3, 0.4) is 0 Å². The lowest BCUT2D eigenvalue weighted by molar-refractivity contribution is -0.117. The van der Waals surface area contributed by atoms with Crippen molar-refractivity contribution in [3.05, 3.63) is 53.6 Å². The summed E-state index contributed by atoms with van der Waals surface area (Å²) in [6.45, 7) is 2.84. The largest absolute Gasteiger partial charge is 0.493 e. The molecule has 1 fully saturated rings. The predicted molar refractivity (Wildman–Crippen MR) is 100 cm³/mol. The van der Waals surface area contributed by atoms with Crippen LogP contribution in [0.4, 0.5) is 11.4 Å². The number of hydrogen-bond acceptors (Lipinski definition) is 3. The molecule has 1 atom stereocenters. The molecule has 0 bridgehead atoms. The van der Waals surface area contributed by atoms with Gasteiger partial charge < -0.3 is 15.4 Å². The molecule has 4 rings (SSSR count). The highest BCUT2D eigenvalue weighted by molar-refractivity contribution is 5.94.